The predicted molar refractivity (Wildman–Crippen MR) is 57.7 cm³/mol. The highest BCUT2D eigenvalue weighted by Crippen LogP contribution is 2.29. The van der Waals surface area contributed by atoms with Crippen molar-refractivity contribution in [2.45, 2.75) is 46.5 Å². The average Bonchev–Trinajstić information content (AvgIpc) is 2.04. The van der Waals surface area contributed by atoms with E-state index in [0.717, 1.165) is 18.6 Å². The van der Waals surface area contributed by atoms with Gasteiger partial charge in [0.1, 0.15) is 6.29 Å². The summed E-state index contributed by atoms with van der Waals surface area (Å²) >= 11 is 0. The van der Waals surface area contributed by atoms with Crippen LogP contribution in [0.4, 0.5) is 0 Å². The summed E-state index contributed by atoms with van der Waals surface area (Å²) in [6, 6.07) is 0. The molecule has 0 spiro atoms. The molecule has 0 aromatic rings. The van der Waals surface area contributed by atoms with Crippen LogP contribution in [0.15, 0.2) is 12.7 Å². The Bertz CT molecular complexity index is 161. The van der Waals surface area contributed by atoms with Crippen LogP contribution < -0.4 is 0 Å². The molecule has 1 unspecified atom stereocenters. The first-order valence-corrected chi connectivity index (χ1v) is 5.11. The Balaban J connectivity index is 3.83. The quantitative estimate of drug-likeness (QED) is 0.434. The van der Waals surface area contributed by atoms with E-state index in [0.29, 0.717) is 6.42 Å². The van der Waals surface area contributed by atoms with Gasteiger partial charge in [-0.05, 0) is 17.8 Å². The van der Waals surface area contributed by atoms with E-state index in [1.165, 1.54) is 12.8 Å². The van der Waals surface area contributed by atoms with Crippen LogP contribution in [0.5, 0.6) is 0 Å². The minimum atomic E-state index is 0.0244. The molecule has 1 atom stereocenters. The lowest BCUT2D eigenvalue weighted by Gasteiger charge is -2.23. The molecule has 0 aliphatic rings. The highest BCUT2D eigenvalue weighted by molar-refractivity contribution is 5.51. The Morgan fingerprint density at radius 3 is 2.46 bits per heavy atom. The first kappa shape index (κ1) is 12.4. The first-order valence-electron chi connectivity index (χ1n) is 5.11. The second-order valence-corrected chi connectivity index (χ2v) is 4.52. The number of allylic oxidation sites excluding steroid dienone is 1. The highest BCUT2D eigenvalue weighted by atomic mass is 16.1. The van der Waals surface area contributed by atoms with E-state index in [-0.39, 0.29) is 5.41 Å². The zero-order valence-corrected chi connectivity index (χ0v) is 9.18. The molecule has 0 aromatic heterocycles. The van der Waals surface area contributed by atoms with E-state index in [9.17, 15) is 4.79 Å². The monoisotopic (exact) mass is 182 g/mol. The van der Waals surface area contributed by atoms with Gasteiger partial charge in [-0.1, -0.05) is 39.7 Å². The third-order valence-electron chi connectivity index (χ3n) is 2.57. The molecule has 1 nitrogen and oxygen atoms in total. The van der Waals surface area contributed by atoms with E-state index >= 15 is 0 Å². The molecule has 0 radical (unpaired) electrons. The van der Waals surface area contributed by atoms with Crippen molar-refractivity contribution in [2.24, 2.45) is 11.3 Å². The number of rotatable bonds is 7. The van der Waals surface area contributed by atoms with Gasteiger partial charge in [0, 0.05) is 6.42 Å². The summed E-state index contributed by atoms with van der Waals surface area (Å²) in [5.41, 5.74) is 0.0244. The topological polar surface area (TPSA) is 17.1 Å². The molecular formula is C12H22O. The fourth-order valence-corrected chi connectivity index (χ4v) is 1.39. The van der Waals surface area contributed by atoms with Crippen molar-refractivity contribution in [3.8, 4) is 0 Å². The number of aldehydes is 1. The van der Waals surface area contributed by atoms with Crippen LogP contribution >= 0.6 is 0 Å². The van der Waals surface area contributed by atoms with Gasteiger partial charge in [-0.2, -0.15) is 0 Å². The van der Waals surface area contributed by atoms with Gasteiger partial charge in [-0.25, -0.2) is 0 Å². The Morgan fingerprint density at radius 1 is 1.46 bits per heavy atom. The zero-order chi connectivity index (χ0) is 10.3. The fourth-order valence-electron chi connectivity index (χ4n) is 1.39. The van der Waals surface area contributed by atoms with E-state index in [1.807, 2.05) is 6.08 Å². The molecule has 0 aliphatic carbocycles. The van der Waals surface area contributed by atoms with Crippen molar-refractivity contribution >= 4 is 6.29 Å². The molecule has 0 aromatic carbocycles. The summed E-state index contributed by atoms with van der Waals surface area (Å²) < 4.78 is 0. The zero-order valence-electron chi connectivity index (χ0n) is 9.18. The lowest BCUT2D eigenvalue weighted by Crippen LogP contribution is -2.13. The second kappa shape index (κ2) is 5.95. The van der Waals surface area contributed by atoms with E-state index < -0.39 is 0 Å². The van der Waals surface area contributed by atoms with Crippen LogP contribution in [0.3, 0.4) is 0 Å². The third kappa shape index (κ3) is 5.62. The van der Waals surface area contributed by atoms with Gasteiger partial charge >= 0.3 is 0 Å². The third-order valence-corrected chi connectivity index (χ3v) is 2.57. The van der Waals surface area contributed by atoms with E-state index in [1.54, 1.807) is 0 Å². The molecule has 0 bridgehead atoms. The Hall–Kier alpha value is -0.590. The van der Waals surface area contributed by atoms with Crippen molar-refractivity contribution < 1.29 is 4.79 Å². The van der Waals surface area contributed by atoms with Crippen LogP contribution in [-0.4, -0.2) is 6.29 Å². The summed E-state index contributed by atoms with van der Waals surface area (Å²) in [7, 11) is 0. The maximum Gasteiger partial charge on any atom is 0.120 e. The maximum atomic E-state index is 10.4. The van der Waals surface area contributed by atoms with Crippen molar-refractivity contribution in [1.29, 1.82) is 0 Å². The molecule has 0 rings (SSSR count). The van der Waals surface area contributed by atoms with E-state index in [4.69, 9.17) is 0 Å². The molecule has 0 N–H and O–H groups in total. The summed E-state index contributed by atoms with van der Waals surface area (Å²) in [5.74, 6) is 0.755. The van der Waals surface area contributed by atoms with Gasteiger partial charge in [0.05, 0.1) is 0 Å². The lowest BCUT2D eigenvalue weighted by molar-refractivity contribution is -0.109. The standard InChI is InChI=1S/C12H22O/c1-5-12(4,9-10-13)8-6-7-11(2)3/h5,10-11H,1,6-9H2,2-4H3. The number of hydrogen-bond acceptors (Lipinski definition) is 1. The normalized spacial score (nSPS) is 15.4. The van der Waals surface area contributed by atoms with Gasteiger partial charge in [-0.15, -0.1) is 6.58 Å². The first-order chi connectivity index (χ1) is 6.04. The van der Waals surface area contributed by atoms with Gasteiger partial charge in [0.2, 0.25) is 0 Å². The van der Waals surface area contributed by atoms with Crippen molar-refractivity contribution in [3.63, 3.8) is 0 Å². The lowest BCUT2D eigenvalue weighted by atomic mass is 9.82. The fraction of sp³-hybridized carbons (Fsp3) is 0.750. The smallest absolute Gasteiger partial charge is 0.120 e. The Kier molecular flexibility index (Phi) is 5.68. The summed E-state index contributed by atoms with van der Waals surface area (Å²) in [6.07, 6.45) is 7.02. The summed E-state index contributed by atoms with van der Waals surface area (Å²) in [5, 5.41) is 0. The average molecular weight is 182 g/mol. The Labute approximate surface area is 82.2 Å². The SMILES string of the molecule is C=CC(C)(CC=O)CCCC(C)C. The number of carbonyl (C=O) groups is 1. The Morgan fingerprint density at radius 2 is 2.08 bits per heavy atom. The van der Waals surface area contributed by atoms with Crippen LogP contribution in [0.25, 0.3) is 0 Å². The van der Waals surface area contributed by atoms with Crippen molar-refractivity contribution in [2.75, 3.05) is 0 Å². The molecule has 0 aliphatic heterocycles. The van der Waals surface area contributed by atoms with Gasteiger partial charge in [-0.3, -0.25) is 0 Å². The molecule has 0 heterocycles. The van der Waals surface area contributed by atoms with Crippen LogP contribution in [-0.2, 0) is 4.79 Å². The minimum Gasteiger partial charge on any atom is -0.303 e. The largest absolute Gasteiger partial charge is 0.303 e. The van der Waals surface area contributed by atoms with Gasteiger partial charge in [0.15, 0.2) is 0 Å². The molecule has 76 valence electrons. The van der Waals surface area contributed by atoms with Crippen LogP contribution in [0.1, 0.15) is 46.5 Å². The summed E-state index contributed by atoms with van der Waals surface area (Å²) in [6.45, 7) is 10.4. The molecule has 13 heavy (non-hydrogen) atoms. The number of carbonyl (C=O) groups excluding carboxylic acids is 1. The molecule has 0 saturated heterocycles. The van der Waals surface area contributed by atoms with Crippen molar-refractivity contribution in [3.05, 3.63) is 12.7 Å². The number of hydrogen-bond donors (Lipinski definition) is 0. The van der Waals surface area contributed by atoms with Gasteiger partial charge < -0.3 is 4.79 Å². The molecule has 0 saturated carbocycles. The van der Waals surface area contributed by atoms with Crippen molar-refractivity contribution in [1.82, 2.24) is 0 Å². The molecular weight excluding hydrogens is 160 g/mol. The summed E-state index contributed by atoms with van der Waals surface area (Å²) in [4.78, 5) is 10.4. The maximum absolute atomic E-state index is 10.4. The molecule has 1 heteroatoms. The van der Waals surface area contributed by atoms with Crippen LogP contribution in [0, 0.1) is 11.3 Å². The van der Waals surface area contributed by atoms with E-state index in [2.05, 4.69) is 27.4 Å². The van der Waals surface area contributed by atoms with Gasteiger partial charge in [0.25, 0.3) is 0 Å². The second-order valence-electron chi connectivity index (χ2n) is 4.52. The minimum absolute atomic E-state index is 0.0244. The molecule has 0 fully saturated rings. The predicted octanol–water partition coefficient (Wildman–Crippen LogP) is 3.59. The highest BCUT2D eigenvalue weighted by Gasteiger charge is 2.18. The van der Waals surface area contributed by atoms with Crippen LogP contribution in [0.2, 0.25) is 0 Å². The molecule has 0 amide bonds.